The number of ether oxygens (including phenoxy) is 1. The molecule has 4 nitrogen and oxygen atoms in total. The van der Waals surface area contributed by atoms with Gasteiger partial charge < -0.3 is 14.9 Å². The van der Waals surface area contributed by atoms with Gasteiger partial charge in [0.2, 0.25) is 0 Å². The van der Waals surface area contributed by atoms with E-state index in [0.29, 0.717) is 38.1 Å². The monoisotopic (exact) mass is 372 g/mol. The van der Waals surface area contributed by atoms with E-state index in [1.165, 1.54) is 0 Å². The van der Waals surface area contributed by atoms with Crippen molar-refractivity contribution in [1.29, 1.82) is 0 Å². The molecule has 1 aromatic rings. The van der Waals surface area contributed by atoms with Gasteiger partial charge in [-0.2, -0.15) is 26.3 Å². The van der Waals surface area contributed by atoms with Gasteiger partial charge in [-0.15, -0.1) is 0 Å². The second-order valence-corrected chi connectivity index (χ2v) is 5.51. The third-order valence-corrected chi connectivity index (χ3v) is 3.52. The van der Waals surface area contributed by atoms with Crippen LogP contribution >= 0.6 is 0 Å². The van der Waals surface area contributed by atoms with Crippen LogP contribution in [0.5, 0.6) is 5.75 Å². The maximum Gasteiger partial charge on any atom is 0.421 e. The summed E-state index contributed by atoms with van der Waals surface area (Å²) in [6.07, 6.45) is -9.85. The molecule has 0 bridgehead atoms. The Kier molecular flexibility index (Phi) is 5.32. The molecule has 0 aliphatic heterocycles. The van der Waals surface area contributed by atoms with Crippen molar-refractivity contribution in [3.05, 3.63) is 42.0 Å². The molecule has 0 amide bonds. The average molecular weight is 372 g/mol. The third kappa shape index (κ3) is 4.13. The summed E-state index contributed by atoms with van der Waals surface area (Å²) in [4.78, 5) is 11.2. The van der Waals surface area contributed by atoms with E-state index in [4.69, 9.17) is 0 Å². The molecule has 140 valence electrons. The highest BCUT2D eigenvalue weighted by atomic mass is 19.4. The minimum atomic E-state index is -5.24. The number of alkyl halides is 6. The minimum Gasteiger partial charge on any atom is -0.423 e. The normalized spacial score (nSPS) is 17.4. The third-order valence-electron chi connectivity index (χ3n) is 3.52. The zero-order valence-corrected chi connectivity index (χ0v) is 13.0. The summed E-state index contributed by atoms with van der Waals surface area (Å²) < 4.78 is 82.4. The van der Waals surface area contributed by atoms with Crippen LogP contribution in [-0.2, 0) is 16.0 Å². The molecule has 0 heterocycles. The Morgan fingerprint density at radius 2 is 1.32 bits per heavy atom. The fraction of sp³-hybridized carbons (Fsp3) is 0.400. The van der Waals surface area contributed by atoms with Crippen LogP contribution in [0.1, 0.15) is 25.0 Å². The van der Waals surface area contributed by atoms with Crippen molar-refractivity contribution in [3.8, 4) is 5.75 Å². The molecule has 0 aliphatic carbocycles. The van der Waals surface area contributed by atoms with Crippen LogP contribution in [0.15, 0.2) is 30.9 Å². The van der Waals surface area contributed by atoms with Crippen molar-refractivity contribution < 1.29 is 46.1 Å². The van der Waals surface area contributed by atoms with Gasteiger partial charge in [0.15, 0.2) is 11.2 Å². The molecule has 10 heteroatoms. The van der Waals surface area contributed by atoms with Crippen LogP contribution in [-0.4, -0.2) is 28.5 Å². The fourth-order valence-corrected chi connectivity index (χ4v) is 1.71. The topological polar surface area (TPSA) is 66.8 Å². The number of benzene rings is 1. The first-order valence-electron chi connectivity index (χ1n) is 6.62. The van der Waals surface area contributed by atoms with Crippen LogP contribution < -0.4 is 4.74 Å². The lowest BCUT2D eigenvalue weighted by atomic mass is 9.88. The molecule has 0 saturated carbocycles. The zero-order valence-electron chi connectivity index (χ0n) is 13.0. The van der Waals surface area contributed by atoms with Crippen molar-refractivity contribution in [2.75, 3.05) is 0 Å². The number of esters is 1. The molecular formula is C15H14F6O4. The lowest BCUT2D eigenvalue weighted by Gasteiger charge is -2.31. The fourth-order valence-electron chi connectivity index (χ4n) is 1.71. The molecule has 2 unspecified atom stereocenters. The van der Waals surface area contributed by atoms with Crippen LogP contribution in [0.25, 0.3) is 0 Å². The molecule has 1 aromatic carbocycles. The van der Waals surface area contributed by atoms with E-state index < -0.39 is 46.4 Å². The van der Waals surface area contributed by atoms with Crippen LogP contribution in [0.2, 0.25) is 0 Å². The van der Waals surface area contributed by atoms with E-state index in [9.17, 15) is 41.4 Å². The van der Waals surface area contributed by atoms with E-state index in [2.05, 4.69) is 11.3 Å². The largest absolute Gasteiger partial charge is 0.423 e. The van der Waals surface area contributed by atoms with Crippen LogP contribution in [0.3, 0.4) is 0 Å². The standard InChI is InChI=1S/C15H14F6O4/c1-4-11(22)25-10-6-8(12(2,23)14(16,17)18)5-9(7-10)13(3,24)15(19,20)21/h4-7,23-24H,1H2,2-3H3. The predicted octanol–water partition coefficient (Wildman–Crippen LogP) is 3.32. The summed E-state index contributed by atoms with van der Waals surface area (Å²) in [6, 6.07) is 1.43. The van der Waals surface area contributed by atoms with Gasteiger partial charge in [-0.05, 0) is 43.2 Å². The van der Waals surface area contributed by atoms with Gasteiger partial charge in [0, 0.05) is 6.08 Å². The maximum atomic E-state index is 13.0. The first-order valence-corrected chi connectivity index (χ1v) is 6.62. The summed E-state index contributed by atoms with van der Waals surface area (Å²) in [7, 11) is 0. The first-order chi connectivity index (χ1) is 11.0. The summed E-state index contributed by atoms with van der Waals surface area (Å²) in [5, 5.41) is 19.4. The highest BCUT2D eigenvalue weighted by Gasteiger charge is 2.54. The number of aliphatic hydroxyl groups is 2. The number of carbonyl (C=O) groups excluding carboxylic acids is 1. The van der Waals surface area contributed by atoms with E-state index >= 15 is 0 Å². The molecular weight excluding hydrogens is 358 g/mol. The smallest absolute Gasteiger partial charge is 0.421 e. The Bertz CT molecular complexity index is 629. The summed E-state index contributed by atoms with van der Waals surface area (Å²) in [5.41, 5.74) is -9.21. The number of halogens is 6. The molecule has 0 aliphatic rings. The van der Waals surface area contributed by atoms with Crippen molar-refractivity contribution in [2.24, 2.45) is 0 Å². The number of hydrogen-bond donors (Lipinski definition) is 2. The number of rotatable bonds is 4. The summed E-state index contributed by atoms with van der Waals surface area (Å²) >= 11 is 0. The minimum absolute atomic E-state index is 0.313. The van der Waals surface area contributed by atoms with Crippen molar-refractivity contribution in [3.63, 3.8) is 0 Å². The van der Waals surface area contributed by atoms with Crippen LogP contribution in [0.4, 0.5) is 26.3 Å². The van der Waals surface area contributed by atoms with E-state index in [1.54, 1.807) is 0 Å². The Labute approximate surface area is 138 Å². The SMILES string of the molecule is C=CC(=O)Oc1cc(C(C)(O)C(F)(F)F)cc(C(C)(O)C(F)(F)F)c1. The number of hydrogen-bond acceptors (Lipinski definition) is 4. The van der Waals surface area contributed by atoms with Gasteiger partial charge in [-0.25, -0.2) is 4.79 Å². The van der Waals surface area contributed by atoms with Crippen molar-refractivity contribution in [1.82, 2.24) is 0 Å². The first kappa shape index (κ1) is 21.0. The molecule has 0 radical (unpaired) electrons. The van der Waals surface area contributed by atoms with Gasteiger partial charge in [0.05, 0.1) is 0 Å². The van der Waals surface area contributed by atoms with Gasteiger partial charge in [-0.3, -0.25) is 0 Å². The van der Waals surface area contributed by atoms with E-state index in [1.807, 2.05) is 0 Å². The predicted molar refractivity (Wildman–Crippen MR) is 73.5 cm³/mol. The molecule has 0 aromatic heterocycles. The highest BCUT2D eigenvalue weighted by Crippen LogP contribution is 2.44. The lowest BCUT2D eigenvalue weighted by Crippen LogP contribution is -2.41. The molecule has 0 saturated heterocycles. The zero-order chi connectivity index (χ0) is 19.8. The Morgan fingerprint density at radius 1 is 0.960 bits per heavy atom. The molecule has 2 atom stereocenters. The second-order valence-electron chi connectivity index (χ2n) is 5.51. The summed E-state index contributed by atoms with van der Waals surface area (Å²) in [5.74, 6) is -1.88. The van der Waals surface area contributed by atoms with Crippen molar-refractivity contribution >= 4 is 5.97 Å². The Morgan fingerprint density at radius 3 is 1.60 bits per heavy atom. The van der Waals surface area contributed by atoms with E-state index in [0.717, 1.165) is 0 Å². The molecule has 1 rings (SSSR count). The van der Waals surface area contributed by atoms with Crippen LogP contribution in [0, 0.1) is 0 Å². The lowest BCUT2D eigenvalue weighted by molar-refractivity contribution is -0.261. The summed E-state index contributed by atoms with van der Waals surface area (Å²) in [6.45, 7) is 3.67. The number of carbonyl (C=O) groups is 1. The molecule has 2 N–H and O–H groups in total. The van der Waals surface area contributed by atoms with Crippen molar-refractivity contribution in [2.45, 2.75) is 37.4 Å². The van der Waals surface area contributed by atoms with Gasteiger partial charge in [0.1, 0.15) is 5.75 Å². The quantitative estimate of drug-likeness (QED) is 0.368. The Balaban J connectivity index is 3.65. The van der Waals surface area contributed by atoms with Gasteiger partial charge in [-0.1, -0.05) is 6.58 Å². The molecule has 0 spiro atoms. The average Bonchev–Trinajstić information content (AvgIpc) is 2.44. The van der Waals surface area contributed by atoms with E-state index in [-0.39, 0.29) is 0 Å². The molecule has 25 heavy (non-hydrogen) atoms. The van der Waals surface area contributed by atoms with Gasteiger partial charge >= 0.3 is 18.3 Å². The Hall–Kier alpha value is -2.07. The highest BCUT2D eigenvalue weighted by molar-refractivity contribution is 5.83. The molecule has 0 fully saturated rings. The van der Waals surface area contributed by atoms with Gasteiger partial charge in [0.25, 0.3) is 0 Å². The maximum absolute atomic E-state index is 13.0. The second kappa shape index (κ2) is 6.34.